The molecule has 2 aromatic carbocycles. The molecule has 0 saturated carbocycles. The number of benzene rings is 2. The first-order valence-electron chi connectivity index (χ1n) is 12.0. The fraction of sp³-hybridized carbons (Fsp3) is 0.385. The molecule has 3 N–H and O–H groups in total. The SMILES string of the molecule is O=C(O)C(CCC(F)(F)F)[C@@H](CCCC(F)(F)F)C(=O)N[C@H]1N=C(c2ccccc2)c2ccccc2NC1=O. The van der Waals surface area contributed by atoms with Gasteiger partial charge in [0.05, 0.1) is 23.2 Å². The van der Waals surface area contributed by atoms with Gasteiger partial charge in [-0.15, -0.1) is 0 Å². The second kappa shape index (κ2) is 12.3. The number of carboxylic acids is 1. The van der Waals surface area contributed by atoms with Gasteiger partial charge >= 0.3 is 18.3 Å². The largest absolute Gasteiger partial charge is 0.481 e. The zero-order valence-electron chi connectivity index (χ0n) is 20.4. The number of aliphatic carboxylic acids is 1. The van der Waals surface area contributed by atoms with Gasteiger partial charge in [-0.3, -0.25) is 14.4 Å². The van der Waals surface area contributed by atoms with E-state index in [1.807, 2.05) is 0 Å². The second-order valence-electron chi connectivity index (χ2n) is 9.00. The quantitative estimate of drug-likeness (QED) is 0.344. The number of aliphatic imine (C=N–C) groups is 1. The first kappa shape index (κ1) is 29.7. The van der Waals surface area contributed by atoms with Crippen molar-refractivity contribution >= 4 is 29.2 Å². The number of carbonyl (C=O) groups is 3. The molecule has 1 unspecified atom stereocenters. The van der Waals surface area contributed by atoms with E-state index in [9.17, 15) is 45.8 Å². The third kappa shape index (κ3) is 8.55. The predicted octanol–water partition coefficient (Wildman–Crippen LogP) is 5.31. The zero-order valence-corrected chi connectivity index (χ0v) is 20.4. The number of rotatable bonds is 10. The molecule has 2 aromatic rings. The maximum absolute atomic E-state index is 13.2. The number of carbonyl (C=O) groups excluding carboxylic acids is 2. The molecule has 1 heterocycles. The van der Waals surface area contributed by atoms with Crippen LogP contribution in [0.2, 0.25) is 0 Å². The van der Waals surface area contributed by atoms with Crippen molar-refractivity contribution in [3.63, 3.8) is 0 Å². The lowest BCUT2D eigenvalue weighted by Gasteiger charge is -2.25. The summed E-state index contributed by atoms with van der Waals surface area (Å²) in [6, 6.07) is 15.2. The second-order valence-corrected chi connectivity index (χ2v) is 9.00. The highest BCUT2D eigenvalue weighted by Crippen LogP contribution is 2.32. The molecule has 0 aliphatic carbocycles. The number of alkyl halides is 6. The van der Waals surface area contributed by atoms with E-state index in [1.54, 1.807) is 54.6 Å². The highest BCUT2D eigenvalue weighted by atomic mass is 19.4. The molecule has 1 aliphatic heterocycles. The van der Waals surface area contributed by atoms with Crippen LogP contribution in [0.1, 0.15) is 43.2 Å². The Balaban J connectivity index is 1.94. The molecule has 0 spiro atoms. The number of fused-ring (bicyclic) bond motifs is 1. The number of benzodiazepines with no additional fused rings is 1. The van der Waals surface area contributed by atoms with Gasteiger partial charge in [-0.1, -0.05) is 48.5 Å². The Morgan fingerprint density at radius 2 is 1.51 bits per heavy atom. The van der Waals surface area contributed by atoms with E-state index in [4.69, 9.17) is 0 Å². The normalized spacial score (nSPS) is 17.2. The Morgan fingerprint density at radius 3 is 2.13 bits per heavy atom. The first-order chi connectivity index (χ1) is 18.2. The topological polar surface area (TPSA) is 108 Å². The van der Waals surface area contributed by atoms with Crippen LogP contribution >= 0.6 is 0 Å². The third-order valence-electron chi connectivity index (χ3n) is 6.13. The average Bonchev–Trinajstić information content (AvgIpc) is 2.98. The van der Waals surface area contributed by atoms with Gasteiger partial charge in [-0.25, -0.2) is 4.99 Å². The Morgan fingerprint density at radius 1 is 0.897 bits per heavy atom. The molecule has 0 aromatic heterocycles. The standard InChI is InChI=1S/C26H25F6N3O4/c27-25(28,29)13-6-10-16(17(24(38)39)12-14-26(30,31)32)22(36)35-21-23(37)33-19-11-5-4-9-18(19)20(34-21)15-7-2-1-3-8-15/h1-5,7-9,11,16-17,21H,6,10,12-14H2,(H,33,37)(H,35,36)(H,38,39)/t16-,17?,21-/m1/s1. The van der Waals surface area contributed by atoms with Crippen molar-refractivity contribution in [1.29, 1.82) is 0 Å². The Bertz CT molecular complexity index is 1210. The van der Waals surface area contributed by atoms with Crippen molar-refractivity contribution in [2.24, 2.45) is 16.8 Å². The summed E-state index contributed by atoms with van der Waals surface area (Å²) in [5.74, 6) is -7.49. The number of nitrogens with zero attached hydrogens (tertiary/aromatic N) is 1. The molecule has 0 saturated heterocycles. The lowest BCUT2D eigenvalue weighted by molar-refractivity contribution is -0.155. The van der Waals surface area contributed by atoms with Crippen molar-refractivity contribution in [2.45, 2.75) is 50.6 Å². The van der Waals surface area contributed by atoms with Gasteiger partial charge in [0.15, 0.2) is 0 Å². The Hall–Kier alpha value is -3.90. The number of halogens is 6. The van der Waals surface area contributed by atoms with Crippen molar-refractivity contribution in [2.75, 3.05) is 5.32 Å². The van der Waals surface area contributed by atoms with Gasteiger partial charge in [0.25, 0.3) is 5.91 Å². The van der Waals surface area contributed by atoms with Gasteiger partial charge in [0, 0.05) is 24.0 Å². The summed E-state index contributed by atoms with van der Waals surface area (Å²) < 4.78 is 76.7. The van der Waals surface area contributed by atoms with Crippen LogP contribution in [0, 0.1) is 11.8 Å². The fourth-order valence-electron chi connectivity index (χ4n) is 4.28. The smallest absolute Gasteiger partial charge is 0.389 e. The van der Waals surface area contributed by atoms with Gasteiger partial charge in [-0.05, 0) is 25.3 Å². The number of hydrogen-bond donors (Lipinski definition) is 3. The lowest BCUT2D eigenvalue weighted by atomic mass is 9.83. The number of nitrogens with one attached hydrogen (secondary N) is 2. The number of hydrogen-bond acceptors (Lipinski definition) is 4. The van der Waals surface area contributed by atoms with E-state index in [1.165, 1.54) is 0 Å². The summed E-state index contributed by atoms with van der Waals surface area (Å²) in [4.78, 5) is 42.4. The minimum Gasteiger partial charge on any atom is -0.481 e. The minimum absolute atomic E-state index is 0.287. The molecule has 210 valence electrons. The minimum atomic E-state index is -4.75. The van der Waals surface area contributed by atoms with E-state index >= 15 is 0 Å². The number of amides is 2. The maximum Gasteiger partial charge on any atom is 0.389 e. The van der Waals surface area contributed by atoms with Crippen LogP contribution in [0.3, 0.4) is 0 Å². The summed E-state index contributed by atoms with van der Waals surface area (Å²) in [5, 5.41) is 14.4. The van der Waals surface area contributed by atoms with Crippen molar-refractivity contribution in [1.82, 2.24) is 5.32 Å². The third-order valence-corrected chi connectivity index (χ3v) is 6.13. The summed E-state index contributed by atoms with van der Waals surface area (Å²) in [6.07, 6.45) is -16.3. The van der Waals surface area contributed by atoms with Crippen LogP contribution in [-0.4, -0.2) is 47.1 Å². The number of anilines is 1. The molecule has 3 atom stereocenters. The Kier molecular flexibility index (Phi) is 9.36. The van der Waals surface area contributed by atoms with Crippen molar-refractivity contribution < 1.29 is 45.8 Å². The molecular formula is C26H25F6N3O4. The molecule has 3 rings (SSSR count). The molecule has 0 bridgehead atoms. The van der Waals surface area contributed by atoms with Gasteiger partial charge in [0.2, 0.25) is 12.1 Å². The van der Waals surface area contributed by atoms with Crippen LogP contribution in [0.5, 0.6) is 0 Å². The monoisotopic (exact) mass is 557 g/mol. The highest BCUT2D eigenvalue weighted by Gasteiger charge is 2.39. The van der Waals surface area contributed by atoms with E-state index in [0.29, 0.717) is 16.8 Å². The molecule has 0 radical (unpaired) electrons. The summed E-state index contributed by atoms with van der Waals surface area (Å²) in [6.45, 7) is 0. The van der Waals surface area contributed by atoms with Crippen LogP contribution < -0.4 is 10.6 Å². The maximum atomic E-state index is 13.2. The average molecular weight is 557 g/mol. The van der Waals surface area contributed by atoms with Crippen LogP contribution in [0.15, 0.2) is 59.6 Å². The fourth-order valence-corrected chi connectivity index (χ4v) is 4.28. The van der Waals surface area contributed by atoms with Crippen LogP contribution in [0.4, 0.5) is 32.0 Å². The van der Waals surface area contributed by atoms with E-state index in [0.717, 1.165) is 0 Å². The predicted molar refractivity (Wildman–Crippen MR) is 129 cm³/mol. The lowest BCUT2D eigenvalue weighted by Crippen LogP contribution is -2.47. The molecule has 2 amide bonds. The summed E-state index contributed by atoms with van der Waals surface area (Å²) >= 11 is 0. The van der Waals surface area contributed by atoms with Crippen molar-refractivity contribution in [3.8, 4) is 0 Å². The number of para-hydroxylation sites is 1. The van der Waals surface area contributed by atoms with Gasteiger partial charge in [0.1, 0.15) is 0 Å². The first-order valence-corrected chi connectivity index (χ1v) is 12.0. The summed E-state index contributed by atoms with van der Waals surface area (Å²) in [5.41, 5.74) is 1.72. The highest BCUT2D eigenvalue weighted by molar-refractivity contribution is 6.19. The van der Waals surface area contributed by atoms with Crippen LogP contribution in [0.25, 0.3) is 0 Å². The van der Waals surface area contributed by atoms with Crippen molar-refractivity contribution in [3.05, 3.63) is 65.7 Å². The molecular weight excluding hydrogens is 532 g/mol. The van der Waals surface area contributed by atoms with E-state index in [2.05, 4.69) is 15.6 Å². The Labute approximate surface area is 219 Å². The number of carboxylic acid groups (broad SMARTS) is 1. The van der Waals surface area contributed by atoms with Gasteiger partial charge in [-0.2, -0.15) is 26.3 Å². The molecule has 7 nitrogen and oxygen atoms in total. The summed E-state index contributed by atoms with van der Waals surface area (Å²) in [7, 11) is 0. The molecule has 13 heteroatoms. The van der Waals surface area contributed by atoms with E-state index < -0.39 is 80.2 Å². The molecule has 1 aliphatic rings. The molecule has 39 heavy (non-hydrogen) atoms. The zero-order chi connectivity index (χ0) is 28.8. The van der Waals surface area contributed by atoms with E-state index in [-0.39, 0.29) is 5.71 Å². The molecule has 0 fully saturated rings. The van der Waals surface area contributed by atoms with Gasteiger partial charge < -0.3 is 15.7 Å². The van der Waals surface area contributed by atoms with Crippen LogP contribution in [-0.2, 0) is 14.4 Å².